The van der Waals surface area contributed by atoms with Crippen molar-refractivity contribution in [3.8, 4) is 0 Å². The zero-order valence-electron chi connectivity index (χ0n) is 12.6. The predicted molar refractivity (Wildman–Crippen MR) is 85.1 cm³/mol. The van der Waals surface area contributed by atoms with E-state index in [9.17, 15) is 0 Å². The van der Waals surface area contributed by atoms with Crippen molar-refractivity contribution < 1.29 is 0 Å². The summed E-state index contributed by atoms with van der Waals surface area (Å²) in [7, 11) is 0. The van der Waals surface area contributed by atoms with E-state index in [4.69, 9.17) is 11.6 Å². The van der Waals surface area contributed by atoms with Crippen molar-refractivity contribution in [3.63, 3.8) is 0 Å². The summed E-state index contributed by atoms with van der Waals surface area (Å²) in [5.74, 6) is 0.687. The van der Waals surface area contributed by atoms with Crippen LogP contribution in [0.25, 0.3) is 0 Å². The summed E-state index contributed by atoms with van der Waals surface area (Å²) >= 11 is 6.59. The van der Waals surface area contributed by atoms with Crippen LogP contribution in [0.3, 0.4) is 0 Å². The van der Waals surface area contributed by atoms with Crippen LogP contribution in [0.15, 0.2) is 24.3 Å². The molecule has 0 nitrogen and oxygen atoms in total. The van der Waals surface area contributed by atoms with E-state index in [-0.39, 0.29) is 0 Å². The summed E-state index contributed by atoms with van der Waals surface area (Å²) in [4.78, 5) is 0. The lowest BCUT2D eigenvalue weighted by Gasteiger charge is -2.28. The van der Waals surface area contributed by atoms with Crippen LogP contribution in [0, 0.1) is 5.41 Å². The van der Waals surface area contributed by atoms with Crippen LogP contribution < -0.4 is 0 Å². The third-order valence-electron chi connectivity index (χ3n) is 4.24. The molecule has 0 saturated carbocycles. The topological polar surface area (TPSA) is 0 Å². The van der Waals surface area contributed by atoms with Crippen molar-refractivity contribution in [3.05, 3.63) is 35.4 Å². The maximum atomic E-state index is 6.59. The number of hydrogen-bond acceptors (Lipinski definition) is 0. The van der Waals surface area contributed by atoms with E-state index < -0.39 is 0 Å². The van der Waals surface area contributed by atoms with Crippen molar-refractivity contribution in [2.45, 2.75) is 70.6 Å². The lowest BCUT2D eigenvalue weighted by atomic mass is 9.79. The van der Waals surface area contributed by atoms with Gasteiger partial charge in [-0.2, -0.15) is 0 Å². The molecule has 2 rings (SSSR count). The van der Waals surface area contributed by atoms with E-state index in [1.54, 1.807) is 11.1 Å². The second-order valence-electron chi connectivity index (χ2n) is 7.22. The number of hydrogen-bond donors (Lipinski definition) is 0. The van der Waals surface area contributed by atoms with Crippen LogP contribution >= 0.6 is 11.6 Å². The molecule has 106 valence electrons. The van der Waals surface area contributed by atoms with Gasteiger partial charge in [0, 0.05) is 5.38 Å². The van der Waals surface area contributed by atoms with Crippen LogP contribution in [-0.2, 0) is 6.42 Å². The van der Waals surface area contributed by atoms with Gasteiger partial charge in [0.25, 0.3) is 0 Å². The third kappa shape index (κ3) is 4.53. The van der Waals surface area contributed by atoms with E-state index in [2.05, 4.69) is 45.0 Å². The molecule has 0 heterocycles. The number of fused-ring (bicyclic) bond motifs is 1. The molecule has 1 aromatic carbocycles. The van der Waals surface area contributed by atoms with Gasteiger partial charge in [-0.15, -0.1) is 11.6 Å². The lowest BCUT2D eigenvalue weighted by Crippen LogP contribution is -2.15. The second kappa shape index (κ2) is 6.31. The molecule has 1 heteroatoms. The molecule has 0 aromatic heterocycles. The van der Waals surface area contributed by atoms with Gasteiger partial charge < -0.3 is 0 Å². The number of benzene rings is 1. The summed E-state index contributed by atoms with van der Waals surface area (Å²) in [6, 6.07) is 8.95. The van der Waals surface area contributed by atoms with E-state index >= 15 is 0 Å². The van der Waals surface area contributed by atoms with Gasteiger partial charge in [0.1, 0.15) is 0 Å². The largest absolute Gasteiger partial charge is 0.123 e. The first kappa shape index (κ1) is 14.9. The molecule has 0 saturated heterocycles. The van der Waals surface area contributed by atoms with Gasteiger partial charge in [-0.1, -0.05) is 45.0 Å². The summed E-state index contributed by atoms with van der Waals surface area (Å²) in [5, 5.41) is 0.329. The van der Waals surface area contributed by atoms with Crippen LogP contribution in [0.1, 0.15) is 69.9 Å². The smallest absolute Gasteiger partial charge is 0.0342 e. The number of aryl methyl sites for hydroxylation is 1. The van der Waals surface area contributed by atoms with Gasteiger partial charge in [0.05, 0.1) is 0 Å². The van der Waals surface area contributed by atoms with Crippen molar-refractivity contribution in [2.75, 3.05) is 0 Å². The minimum atomic E-state index is 0.329. The first-order valence-corrected chi connectivity index (χ1v) is 8.11. The van der Waals surface area contributed by atoms with Crippen LogP contribution in [-0.4, -0.2) is 5.38 Å². The van der Waals surface area contributed by atoms with Gasteiger partial charge >= 0.3 is 0 Å². The lowest BCUT2D eigenvalue weighted by molar-refractivity contribution is 0.353. The maximum Gasteiger partial charge on any atom is 0.0342 e. The minimum absolute atomic E-state index is 0.329. The van der Waals surface area contributed by atoms with Crippen LogP contribution in [0.4, 0.5) is 0 Å². The van der Waals surface area contributed by atoms with Crippen molar-refractivity contribution in [1.82, 2.24) is 0 Å². The van der Waals surface area contributed by atoms with E-state index in [1.165, 1.54) is 25.7 Å². The summed E-state index contributed by atoms with van der Waals surface area (Å²) in [6.07, 6.45) is 7.40. The second-order valence-corrected chi connectivity index (χ2v) is 7.84. The Bertz CT molecular complexity index is 402. The summed E-state index contributed by atoms with van der Waals surface area (Å²) < 4.78 is 0. The van der Waals surface area contributed by atoms with Gasteiger partial charge in [0.2, 0.25) is 0 Å². The van der Waals surface area contributed by atoms with E-state index in [0.29, 0.717) is 16.7 Å². The number of halogens is 1. The van der Waals surface area contributed by atoms with Crippen LogP contribution in [0.5, 0.6) is 0 Å². The molecule has 0 spiro atoms. The Morgan fingerprint density at radius 2 is 2.00 bits per heavy atom. The quantitative estimate of drug-likeness (QED) is 0.599. The Morgan fingerprint density at radius 3 is 2.74 bits per heavy atom. The van der Waals surface area contributed by atoms with Gasteiger partial charge in [-0.05, 0) is 61.0 Å². The Morgan fingerprint density at radius 1 is 1.26 bits per heavy atom. The fourth-order valence-corrected chi connectivity index (χ4v) is 3.44. The molecular formula is C18H27Cl. The molecule has 0 bridgehead atoms. The van der Waals surface area contributed by atoms with Crippen molar-refractivity contribution in [2.24, 2.45) is 5.41 Å². The Labute approximate surface area is 123 Å². The van der Waals surface area contributed by atoms with Crippen LogP contribution in [0.2, 0.25) is 0 Å². The number of alkyl halides is 1. The molecule has 2 unspecified atom stereocenters. The SMILES string of the molecule is CC(C)(C)CCC(Cl)CC1CCCc2ccccc21. The minimum Gasteiger partial charge on any atom is -0.123 e. The first-order valence-electron chi connectivity index (χ1n) is 7.67. The highest BCUT2D eigenvalue weighted by molar-refractivity contribution is 6.20. The fraction of sp³-hybridized carbons (Fsp3) is 0.667. The average molecular weight is 279 g/mol. The molecular weight excluding hydrogens is 252 g/mol. The van der Waals surface area contributed by atoms with Crippen molar-refractivity contribution >= 4 is 11.6 Å². The monoisotopic (exact) mass is 278 g/mol. The number of rotatable bonds is 4. The zero-order valence-corrected chi connectivity index (χ0v) is 13.3. The molecule has 0 amide bonds. The summed E-state index contributed by atoms with van der Waals surface area (Å²) in [5.41, 5.74) is 3.52. The highest BCUT2D eigenvalue weighted by Gasteiger charge is 2.23. The Balaban J connectivity index is 1.93. The third-order valence-corrected chi connectivity index (χ3v) is 4.64. The molecule has 1 aliphatic carbocycles. The van der Waals surface area contributed by atoms with Crippen molar-refractivity contribution in [1.29, 1.82) is 0 Å². The molecule has 19 heavy (non-hydrogen) atoms. The predicted octanol–water partition coefficient (Wildman–Crippen LogP) is 5.93. The highest BCUT2D eigenvalue weighted by Crippen LogP contribution is 2.37. The van der Waals surface area contributed by atoms with Gasteiger partial charge in [-0.3, -0.25) is 0 Å². The molecule has 0 radical (unpaired) electrons. The molecule has 1 aliphatic rings. The Hall–Kier alpha value is -0.490. The summed E-state index contributed by atoms with van der Waals surface area (Å²) in [6.45, 7) is 6.89. The van der Waals surface area contributed by atoms with E-state index in [1.807, 2.05) is 0 Å². The Kier molecular flexibility index (Phi) is 4.95. The normalized spacial score (nSPS) is 20.9. The zero-order chi connectivity index (χ0) is 13.9. The highest BCUT2D eigenvalue weighted by atomic mass is 35.5. The molecule has 0 N–H and O–H groups in total. The fourth-order valence-electron chi connectivity index (χ4n) is 3.12. The van der Waals surface area contributed by atoms with Gasteiger partial charge in [-0.25, -0.2) is 0 Å². The van der Waals surface area contributed by atoms with Gasteiger partial charge in [0.15, 0.2) is 0 Å². The standard InChI is InChI=1S/C18H27Cl/c1-18(2,3)12-11-16(19)13-15-9-6-8-14-7-4-5-10-17(14)15/h4-5,7,10,15-16H,6,8-9,11-13H2,1-3H3. The molecule has 0 fully saturated rings. The maximum absolute atomic E-state index is 6.59. The molecule has 0 aliphatic heterocycles. The molecule has 2 atom stereocenters. The average Bonchev–Trinajstić information content (AvgIpc) is 2.36. The molecule has 1 aromatic rings. The first-order chi connectivity index (χ1) is 8.96. The van der Waals surface area contributed by atoms with E-state index in [0.717, 1.165) is 12.8 Å².